The average molecular weight is 758 g/mol. The molecule has 6 aromatic rings. The number of benzene rings is 4. The number of phenolic OH excluding ortho intramolecular Hbond substituents is 1. The molecule has 5 heterocycles. The number of aromatic hydroxyl groups is 1. The van der Waals surface area contributed by atoms with Crippen molar-refractivity contribution in [2.45, 2.75) is 63.8 Å². The summed E-state index contributed by atoms with van der Waals surface area (Å²) in [4.78, 5) is 44.2. The zero-order chi connectivity index (χ0) is 38.8. The number of aryl methyl sites for hydroxylation is 2. The summed E-state index contributed by atoms with van der Waals surface area (Å²) in [6.45, 7) is 4.02. The van der Waals surface area contributed by atoms with Gasteiger partial charge in [-0.3, -0.25) is 14.3 Å². The van der Waals surface area contributed by atoms with Crippen molar-refractivity contribution in [1.29, 1.82) is 0 Å². The molecule has 1 amide bonds. The quantitative estimate of drug-likeness (QED) is 0.0768. The van der Waals surface area contributed by atoms with Crippen LogP contribution in [0.15, 0.2) is 105 Å². The van der Waals surface area contributed by atoms with Crippen molar-refractivity contribution in [3.8, 4) is 16.9 Å². The molecule has 0 aliphatic carbocycles. The number of aliphatic hydroxyl groups is 1. The van der Waals surface area contributed by atoms with Gasteiger partial charge in [0.15, 0.2) is 5.58 Å². The highest BCUT2D eigenvalue weighted by atomic mass is 16.4. The number of hydrogen-bond donors (Lipinski definition) is 5. The smallest absolute Gasteiger partial charge is 0.419 e. The number of anilines is 1. The van der Waals surface area contributed by atoms with Crippen molar-refractivity contribution in [3.63, 3.8) is 0 Å². The van der Waals surface area contributed by atoms with Crippen molar-refractivity contribution in [2.75, 3.05) is 31.1 Å². The molecular formula is C44H47N5O7. The lowest BCUT2D eigenvalue weighted by molar-refractivity contribution is 0.0837. The minimum absolute atomic E-state index is 0.0626. The fourth-order valence-corrected chi connectivity index (χ4v) is 8.66. The summed E-state index contributed by atoms with van der Waals surface area (Å²) in [5.74, 6) is -0.101. The highest BCUT2D eigenvalue weighted by molar-refractivity contribution is 5.94. The van der Waals surface area contributed by atoms with E-state index in [1.807, 2.05) is 48.5 Å². The third-order valence-corrected chi connectivity index (χ3v) is 11.6. The van der Waals surface area contributed by atoms with Crippen LogP contribution in [0.5, 0.6) is 5.75 Å². The number of aromatic amines is 1. The second-order valence-corrected chi connectivity index (χ2v) is 15.1. The first-order valence-electron chi connectivity index (χ1n) is 19.5. The summed E-state index contributed by atoms with van der Waals surface area (Å²) in [5, 5.41) is 35.5. The van der Waals surface area contributed by atoms with Crippen LogP contribution in [0.2, 0.25) is 0 Å². The molecule has 3 aliphatic rings. The number of amides is 1. The van der Waals surface area contributed by atoms with E-state index in [0.717, 1.165) is 91.6 Å². The molecule has 3 fully saturated rings. The molecule has 5 N–H and O–H groups in total. The summed E-state index contributed by atoms with van der Waals surface area (Å²) in [7, 11) is 0. The van der Waals surface area contributed by atoms with Gasteiger partial charge in [-0.25, -0.2) is 9.59 Å². The topological polar surface area (TPSA) is 164 Å². The number of pyridine rings is 1. The first-order valence-corrected chi connectivity index (χ1v) is 19.5. The Bertz CT molecular complexity index is 2470. The van der Waals surface area contributed by atoms with Gasteiger partial charge in [0.05, 0.1) is 28.9 Å². The van der Waals surface area contributed by atoms with Crippen LogP contribution in [0.1, 0.15) is 54.9 Å². The SMILES string of the molecule is O=C(O)N(c1cc(CCCCCn2c(=O)oc3cc(CNC[C@@H](O)c4ccc(O)c5[nH]c(=O)ccc45)ccc32)ccc1-c1ccccc1)[C@H]1CN2CCC1CC2. The number of aromatic nitrogens is 2. The van der Waals surface area contributed by atoms with Gasteiger partial charge < -0.3 is 34.9 Å². The van der Waals surface area contributed by atoms with Gasteiger partial charge in [0.2, 0.25) is 5.56 Å². The maximum atomic E-state index is 12.9. The van der Waals surface area contributed by atoms with Gasteiger partial charge in [-0.15, -0.1) is 0 Å². The van der Waals surface area contributed by atoms with Gasteiger partial charge in [0, 0.05) is 43.2 Å². The maximum absolute atomic E-state index is 12.9. The number of H-pyrrole nitrogens is 1. The first kappa shape index (κ1) is 37.2. The Kier molecular flexibility index (Phi) is 10.8. The van der Waals surface area contributed by atoms with Crippen molar-refractivity contribution in [1.82, 2.24) is 19.8 Å². The van der Waals surface area contributed by atoms with Crippen LogP contribution in [-0.4, -0.2) is 68.1 Å². The minimum atomic E-state index is -0.905. The summed E-state index contributed by atoms with van der Waals surface area (Å²) in [6, 6.07) is 27.9. The van der Waals surface area contributed by atoms with E-state index in [0.29, 0.717) is 35.5 Å². The fourth-order valence-electron chi connectivity index (χ4n) is 8.66. The number of nitrogens with one attached hydrogen (secondary N) is 2. The summed E-state index contributed by atoms with van der Waals surface area (Å²) < 4.78 is 7.29. The van der Waals surface area contributed by atoms with E-state index in [9.17, 15) is 29.7 Å². The normalized spacial score (nSPS) is 18.4. The molecule has 12 heteroatoms. The van der Waals surface area contributed by atoms with Crippen LogP contribution in [-0.2, 0) is 19.5 Å². The lowest BCUT2D eigenvalue weighted by atomic mass is 9.82. The third-order valence-electron chi connectivity index (χ3n) is 11.6. The Labute approximate surface area is 323 Å². The average Bonchev–Trinajstić information content (AvgIpc) is 3.52. The van der Waals surface area contributed by atoms with E-state index >= 15 is 0 Å². The molecule has 290 valence electrons. The van der Waals surface area contributed by atoms with Crippen molar-refractivity contribution in [2.24, 2.45) is 5.92 Å². The second-order valence-electron chi connectivity index (χ2n) is 15.1. The molecule has 0 spiro atoms. The summed E-state index contributed by atoms with van der Waals surface area (Å²) >= 11 is 0. The Morgan fingerprint density at radius 2 is 1.73 bits per heavy atom. The number of fused-ring (bicyclic) bond motifs is 5. The highest BCUT2D eigenvalue weighted by Crippen LogP contribution is 2.39. The predicted octanol–water partition coefficient (Wildman–Crippen LogP) is 6.62. The molecule has 4 aromatic carbocycles. The first-order chi connectivity index (χ1) is 27.2. The van der Waals surface area contributed by atoms with Gasteiger partial charge in [0.1, 0.15) is 5.75 Å². The molecule has 0 saturated carbocycles. The molecule has 56 heavy (non-hydrogen) atoms. The van der Waals surface area contributed by atoms with Crippen LogP contribution in [0.25, 0.3) is 33.1 Å². The zero-order valence-electron chi connectivity index (χ0n) is 31.2. The number of oxazole rings is 1. The van der Waals surface area contributed by atoms with Gasteiger partial charge in [-0.1, -0.05) is 61.0 Å². The number of carboxylic acid groups (broad SMARTS) is 1. The number of hydrogen-bond acceptors (Lipinski definition) is 8. The van der Waals surface area contributed by atoms with E-state index in [-0.39, 0.29) is 29.4 Å². The number of unbranched alkanes of at least 4 members (excludes halogenated alkanes) is 2. The Morgan fingerprint density at radius 1 is 0.929 bits per heavy atom. The summed E-state index contributed by atoms with van der Waals surface area (Å²) in [5.41, 5.74) is 6.42. The predicted molar refractivity (Wildman–Crippen MR) is 216 cm³/mol. The number of rotatable bonds is 14. The van der Waals surface area contributed by atoms with Crippen LogP contribution in [0.4, 0.5) is 10.5 Å². The number of nitrogens with zero attached hydrogens (tertiary/aromatic N) is 3. The molecule has 12 nitrogen and oxygen atoms in total. The molecule has 0 radical (unpaired) electrons. The molecule has 2 aromatic heterocycles. The van der Waals surface area contributed by atoms with Crippen molar-refractivity contribution >= 4 is 33.8 Å². The lowest BCUT2D eigenvalue weighted by Crippen LogP contribution is -2.59. The Hall–Kier alpha value is -5.69. The number of aliphatic hydroxyl groups excluding tert-OH is 1. The molecule has 2 bridgehead atoms. The molecule has 3 aliphatic heterocycles. The van der Waals surface area contributed by atoms with E-state index in [1.165, 1.54) is 12.1 Å². The molecular weight excluding hydrogens is 711 g/mol. The molecule has 0 unspecified atom stereocenters. The summed E-state index contributed by atoms with van der Waals surface area (Å²) in [6.07, 6.45) is 3.61. The van der Waals surface area contributed by atoms with Gasteiger partial charge >= 0.3 is 11.8 Å². The van der Waals surface area contributed by atoms with Crippen LogP contribution in [0, 0.1) is 5.92 Å². The van der Waals surface area contributed by atoms with E-state index < -0.39 is 18.0 Å². The van der Waals surface area contributed by atoms with Gasteiger partial charge in [0.25, 0.3) is 0 Å². The van der Waals surface area contributed by atoms with Gasteiger partial charge in [-0.2, -0.15) is 0 Å². The standard InChI is InChI=1S/C44H47N5O7/c50-38-16-13-33(34-14-17-41(52)46-42(34)38)39(51)26-45-25-29-11-15-35-40(24-29)56-44(55)48(35)20-6-2-3-7-28-10-12-32(30-8-4-1-5-9-30)36(23-28)49(43(53)54)37-27-47-21-18-31(37)19-22-47/h1,4-5,8-17,23-24,31,37,39,45,50-51H,2-3,6-7,18-22,25-27H2,(H,46,52)(H,53,54)/t37-,39+/m0/s1. The number of carbonyl (C=O) groups is 1. The monoisotopic (exact) mass is 757 g/mol. The highest BCUT2D eigenvalue weighted by Gasteiger charge is 2.41. The third kappa shape index (κ3) is 7.73. The fraction of sp³-hybridized carbons (Fsp3) is 0.341. The van der Waals surface area contributed by atoms with Gasteiger partial charge in [-0.05, 0) is 104 Å². The molecule has 9 rings (SSSR count). The maximum Gasteiger partial charge on any atom is 0.419 e. The number of piperidine rings is 3. The lowest BCUT2D eigenvalue weighted by Gasteiger charge is -2.48. The molecule has 2 atom stereocenters. The largest absolute Gasteiger partial charge is 0.506 e. The zero-order valence-corrected chi connectivity index (χ0v) is 31.2. The number of phenols is 1. The van der Waals surface area contributed by atoms with E-state index in [1.54, 1.807) is 21.6 Å². The van der Waals surface area contributed by atoms with E-state index in [2.05, 4.69) is 33.4 Å². The minimum Gasteiger partial charge on any atom is -0.506 e. The molecule has 3 saturated heterocycles. The van der Waals surface area contributed by atoms with Crippen LogP contribution >= 0.6 is 0 Å². The second kappa shape index (κ2) is 16.2. The van der Waals surface area contributed by atoms with E-state index in [4.69, 9.17) is 4.42 Å². The van der Waals surface area contributed by atoms with Crippen LogP contribution < -0.4 is 21.5 Å². The Morgan fingerprint density at radius 3 is 2.50 bits per heavy atom. The van der Waals surface area contributed by atoms with Crippen molar-refractivity contribution in [3.05, 3.63) is 129 Å². The van der Waals surface area contributed by atoms with Crippen LogP contribution in [0.3, 0.4) is 0 Å². The van der Waals surface area contributed by atoms with Crippen molar-refractivity contribution < 1.29 is 24.5 Å². The Balaban J connectivity index is 0.883.